The molecule has 0 amide bonds. The molecule has 6 heteroatoms. The maximum absolute atomic E-state index is 6.01. The van der Waals surface area contributed by atoms with E-state index < -0.39 is 0 Å². The van der Waals surface area contributed by atoms with Crippen molar-refractivity contribution in [3.05, 3.63) is 90.5 Å². The first-order chi connectivity index (χ1) is 16.7. The van der Waals surface area contributed by atoms with E-state index in [1.165, 1.54) is 26.9 Å². The fourth-order valence-electron chi connectivity index (χ4n) is 4.79. The van der Waals surface area contributed by atoms with Gasteiger partial charge in [-0.15, -0.1) is 0 Å². The zero-order valence-corrected chi connectivity index (χ0v) is 18.1. The number of imidazole rings is 1. The summed E-state index contributed by atoms with van der Waals surface area (Å²) in [7, 11) is 0. The second-order valence-corrected chi connectivity index (χ2v) is 8.41. The fourth-order valence-corrected chi connectivity index (χ4v) is 4.79. The van der Waals surface area contributed by atoms with E-state index in [9.17, 15) is 0 Å². The van der Waals surface area contributed by atoms with Crippen molar-refractivity contribution in [3.8, 4) is 17.3 Å². The summed E-state index contributed by atoms with van der Waals surface area (Å²) in [6, 6.07) is 29.3. The molecular weight excluding hydrogens is 422 g/mol. The highest BCUT2D eigenvalue weighted by Gasteiger charge is 2.17. The molecule has 6 nitrogen and oxygen atoms in total. The van der Waals surface area contributed by atoms with Crippen molar-refractivity contribution in [2.45, 2.75) is 6.61 Å². The summed E-state index contributed by atoms with van der Waals surface area (Å²) in [6.45, 7) is 0.374. The van der Waals surface area contributed by atoms with Crippen LogP contribution >= 0.6 is 0 Å². The summed E-state index contributed by atoms with van der Waals surface area (Å²) < 4.78 is 6.01. The fraction of sp³-hybridized carbons (Fsp3) is 0.0357. The molecule has 0 unspecified atom stereocenters. The zero-order chi connectivity index (χ0) is 22.6. The quantitative estimate of drug-likeness (QED) is 0.323. The Morgan fingerprint density at radius 2 is 1.44 bits per heavy atom. The topological polar surface area (TPSA) is 89.7 Å². The van der Waals surface area contributed by atoms with Gasteiger partial charge in [-0.2, -0.15) is 9.97 Å². The summed E-state index contributed by atoms with van der Waals surface area (Å²) >= 11 is 0. The lowest BCUT2D eigenvalue weighted by Gasteiger charge is -2.12. The second kappa shape index (κ2) is 7.15. The highest BCUT2D eigenvalue weighted by atomic mass is 16.5. The molecule has 5 aromatic carbocycles. The number of H-pyrrole nitrogens is 1. The molecule has 2 heterocycles. The van der Waals surface area contributed by atoms with Crippen molar-refractivity contribution in [1.82, 2.24) is 19.9 Å². The molecule has 0 bridgehead atoms. The van der Waals surface area contributed by atoms with Crippen LogP contribution < -0.4 is 10.5 Å². The first-order valence-electron chi connectivity index (χ1n) is 11.1. The summed E-state index contributed by atoms with van der Waals surface area (Å²) in [4.78, 5) is 16.8. The van der Waals surface area contributed by atoms with Crippen LogP contribution in [-0.2, 0) is 6.61 Å². The predicted molar refractivity (Wildman–Crippen MR) is 136 cm³/mol. The number of hydrogen-bond acceptors (Lipinski definition) is 5. The largest absolute Gasteiger partial charge is 0.471 e. The standard InChI is InChI=1S/C28H19N5O/c29-28-32-26-24(27(33-28)34-15-16-5-2-1-3-6-16)30-25(31-26)21-14-12-19-10-9-17-7-4-8-18-11-13-20(21)23(19)22(17)18/h1-14H,15H2,(H3,29,30,31,32,33). The number of nitrogens with one attached hydrogen (secondary N) is 1. The number of fused-ring (bicyclic) bond motifs is 1. The Morgan fingerprint density at radius 3 is 2.26 bits per heavy atom. The van der Waals surface area contributed by atoms with Crippen LogP contribution in [0.4, 0.5) is 5.95 Å². The van der Waals surface area contributed by atoms with Gasteiger partial charge < -0.3 is 15.5 Å². The average molecular weight is 441 g/mol. The first-order valence-corrected chi connectivity index (χ1v) is 11.1. The van der Waals surface area contributed by atoms with Gasteiger partial charge in [0.15, 0.2) is 5.65 Å². The molecule has 0 saturated carbocycles. The number of nitrogen functional groups attached to an aromatic ring is 1. The van der Waals surface area contributed by atoms with Gasteiger partial charge in [0.2, 0.25) is 11.8 Å². The molecule has 0 aliphatic carbocycles. The lowest BCUT2D eigenvalue weighted by Crippen LogP contribution is -2.02. The van der Waals surface area contributed by atoms with Gasteiger partial charge in [0.05, 0.1) is 0 Å². The Hall–Kier alpha value is -4.71. The van der Waals surface area contributed by atoms with Crippen LogP contribution in [-0.4, -0.2) is 19.9 Å². The number of nitrogens with two attached hydrogens (primary N) is 1. The molecule has 0 fully saturated rings. The number of hydrogen-bond donors (Lipinski definition) is 2. The summed E-state index contributed by atoms with van der Waals surface area (Å²) in [5.74, 6) is 1.23. The number of rotatable bonds is 4. The Bertz CT molecular complexity index is 1810. The van der Waals surface area contributed by atoms with Crippen LogP contribution in [0.1, 0.15) is 5.56 Å². The Morgan fingerprint density at radius 1 is 0.706 bits per heavy atom. The third-order valence-corrected chi connectivity index (χ3v) is 6.34. The Kier molecular flexibility index (Phi) is 3.96. The van der Waals surface area contributed by atoms with E-state index in [4.69, 9.17) is 15.5 Å². The van der Waals surface area contributed by atoms with Gasteiger partial charge in [-0.05, 0) is 37.9 Å². The van der Waals surface area contributed by atoms with Gasteiger partial charge in [-0.1, -0.05) is 84.9 Å². The highest BCUT2D eigenvalue weighted by Crippen LogP contribution is 2.39. The van der Waals surface area contributed by atoms with Gasteiger partial charge in [0.25, 0.3) is 0 Å². The third kappa shape index (κ3) is 2.85. The van der Waals surface area contributed by atoms with Gasteiger partial charge in [-0.3, -0.25) is 0 Å². The van der Waals surface area contributed by atoms with Crippen LogP contribution in [0.5, 0.6) is 5.88 Å². The lowest BCUT2D eigenvalue weighted by molar-refractivity contribution is 0.297. The van der Waals surface area contributed by atoms with Crippen molar-refractivity contribution in [2.24, 2.45) is 0 Å². The number of nitrogens with zero attached hydrogens (tertiary/aromatic N) is 3. The van der Waals surface area contributed by atoms with Gasteiger partial charge >= 0.3 is 0 Å². The normalized spacial score (nSPS) is 11.8. The molecule has 2 aromatic heterocycles. The monoisotopic (exact) mass is 441 g/mol. The van der Waals surface area contributed by atoms with Crippen LogP contribution in [0.15, 0.2) is 84.9 Å². The van der Waals surface area contributed by atoms with Crippen molar-refractivity contribution in [3.63, 3.8) is 0 Å². The molecule has 0 aliphatic rings. The average Bonchev–Trinajstić information content (AvgIpc) is 3.30. The van der Waals surface area contributed by atoms with E-state index in [-0.39, 0.29) is 5.95 Å². The second-order valence-electron chi connectivity index (χ2n) is 8.41. The highest BCUT2D eigenvalue weighted by molar-refractivity contribution is 6.25. The van der Waals surface area contributed by atoms with Crippen LogP contribution in [0.2, 0.25) is 0 Å². The minimum absolute atomic E-state index is 0.129. The van der Waals surface area contributed by atoms with E-state index in [0.717, 1.165) is 16.5 Å². The number of aromatic nitrogens is 4. The number of benzene rings is 5. The minimum Gasteiger partial charge on any atom is -0.471 e. The van der Waals surface area contributed by atoms with Gasteiger partial charge in [0, 0.05) is 5.56 Å². The van der Waals surface area contributed by atoms with Gasteiger partial charge in [0.1, 0.15) is 17.9 Å². The third-order valence-electron chi connectivity index (χ3n) is 6.34. The van der Waals surface area contributed by atoms with E-state index in [0.29, 0.717) is 29.5 Å². The van der Waals surface area contributed by atoms with Crippen LogP contribution in [0.25, 0.3) is 54.9 Å². The summed E-state index contributed by atoms with van der Waals surface area (Å²) in [5, 5.41) is 7.30. The molecular formula is C28H19N5O. The molecule has 3 N–H and O–H groups in total. The van der Waals surface area contributed by atoms with Crippen molar-refractivity contribution in [2.75, 3.05) is 5.73 Å². The smallest absolute Gasteiger partial charge is 0.245 e. The minimum atomic E-state index is 0.129. The van der Waals surface area contributed by atoms with E-state index in [1.54, 1.807) is 0 Å². The molecule has 0 spiro atoms. The van der Waals surface area contributed by atoms with E-state index >= 15 is 0 Å². The van der Waals surface area contributed by atoms with Crippen LogP contribution in [0, 0.1) is 0 Å². The molecule has 0 aliphatic heterocycles. The Labute approximate surface area is 194 Å². The van der Waals surface area contributed by atoms with Crippen molar-refractivity contribution < 1.29 is 4.74 Å². The van der Waals surface area contributed by atoms with Crippen molar-refractivity contribution >= 4 is 49.4 Å². The number of anilines is 1. The van der Waals surface area contributed by atoms with E-state index in [1.807, 2.05) is 30.3 Å². The zero-order valence-electron chi connectivity index (χ0n) is 18.1. The lowest BCUT2D eigenvalue weighted by atomic mass is 9.92. The molecule has 0 saturated heterocycles. The summed E-state index contributed by atoms with van der Waals surface area (Å²) in [6.07, 6.45) is 0. The molecule has 162 valence electrons. The number of ether oxygens (including phenoxy) is 1. The van der Waals surface area contributed by atoms with Gasteiger partial charge in [-0.25, -0.2) is 4.98 Å². The molecule has 0 atom stereocenters. The first kappa shape index (κ1) is 18.8. The SMILES string of the molecule is Nc1nc(OCc2ccccc2)c2[nH]c(-c3ccc4ccc5cccc6ccc3c4c56)nc2n1. The molecule has 34 heavy (non-hydrogen) atoms. The molecule has 7 rings (SSSR count). The molecule has 7 aromatic rings. The van der Waals surface area contributed by atoms with E-state index in [2.05, 4.69) is 69.5 Å². The van der Waals surface area contributed by atoms with Crippen LogP contribution in [0.3, 0.4) is 0 Å². The molecule has 0 radical (unpaired) electrons. The summed E-state index contributed by atoms with van der Waals surface area (Å²) in [5.41, 5.74) is 9.13. The maximum atomic E-state index is 6.01. The number of aromatic amines is 1. The maximum Gasteiger partial charge on any atom is 0.245 e. The Balaban J connectivity index is 1.40. The van der Waals surface area contributed by atoms with Crippen molar-refractivity contribution in [1.29, 1.82) is 0 Å². The predicted octanol–water partition coefficient (Wildman–Crippen LogP) is 6.08.